The Morgan fingerprint density at radius 1 is 1.42 bits per heavy atom. The number of hydrogen-bond donors (Lipinski definition) is 3. The van der Waals surface area contributed by atoms with E-state index in [9.17, 15) is 9.59 Å². The molecule has 7 nitrogen and oxygen atoms in total. The van der Waals surface area contributed by atoms with E-state index in [4.69, 9.17) is 9.84 Å². The van der Waals surface area contributed by atoms with Crippen LogP contribution in [0, 0.1) is 0 Å². The van der Waals surface area contributed by atoms with Gasteiger partial charge >= 0.3 is 5.97 Å². The van der Waals surface area contributed by atoms with E-state index < -0.39 is 5.97 Å². The molecule has 26 heavy (non-hydrogen) atoms. The van der Waals surface area contributed by atoms with Crippen molar-refractivity contribution in [3.8, 4) is 5.75 Å². The number of nitrogens with one attached hydrogen (secondary N) is 1. The van der Waals surface area contributed by atoms with Crippen molar-refractivity contribution in [1.29, 1.82) is 0 Å². The molecular weight excluding hydrogens is 354 g/mol. The first-order chi connectivity index (χ1) is 12.2. The lowest BCUT2D eigenvalue weighted by Gasteiger charge is -2.19. The number of ether oxygens (including phenoxy) is 1. The second kappa shape index (κ2) is 9.02. The highest BCUT2D eigenvalue weighted by Gasteiger charge is 2.20. The molecule has 142 valence electrons. The maximum atomic E-state index is 11.9. The van der Waals surface area contributed by atoms with E-state index in [1.54, 1.807) is 6.20 Å². The third-order valence-corrected chi connectivity index (χ3v) is 3.95. The van der Waals surface area contributed by atoms with Crippen molar-refractivity contribution in [2.45, 2.75) is 57.1 Å². The minimum Gasteiger partial charge on any atom is -0.492 e. The Balaban J connectivity index is 1.99. The first-order valence-electron chi connectivity index (χ1n) is 8.66. The van der Waals surface area contributed by atoms with Gasteiger partial charge in [-0.1, -0.05) is 13.8 Å². The molecule has 0 saturated heterocycles. The van der Waals surface area contributed by atoms with Crippen LogP contribution in [0.25, 0.3) is 0 Å². The fourth-order valence-corrected chi connectivity index (χ4v) is 2.81. The van der Waals surface area contributed by atoms with Crippen molar-refractivity contribution in [3.05, 3.63) is 23.5 Å². The number of pyridine rings is 1. The van der Waals surface area contributed by atoms with Crippen LogP contribution < -0.4 is 10.2 Å². The number of aromatic nitrogens is 1. The number of aliphatic carboxylic acids is 1. The van der Waals surface area contributed by atoms with Crippen molar-refractivity contribution in [1.82, 2.24) is 10.4 Å². The number of aryl methyl sites for hydroxylation is 1. The standard InChI is InChI=1S/C18H25N3O4S/c1-18(2,26)10-15(22)21-20-14-6-3-5-12-9-13(11-19-17(12)14)25-8-4-7-16(23)24/h9,11,26H,3-8,10H2,1-2H3,(H,21,22)(H,23,24). The predicted molar refractivity (Wildman–Crippen MR) is 102 cm³/mol. The van der Waals surface area contributed by atoms with Crippen LogP contribution in [-0.2, 0) is 16.0 Å². The Morgan fingerprint density at radius 3 is 2.88 bits per heavy atom. The van der Waals surface area contributed by atoms with Crippen molar-refractivity contribution in [2.24, 2.45) is 5.10 Å². The topological polar surface area (TPSA) is 101 Å². The van der Waals surface area contributed by atoms with Gasteiger partial charge in [0, 0.05) is 17.6 Å². The summed E-state index contributed by atoms with van der Waals surface area (Å²) in [5, 5.41) is 12.9. The van der Waals surface area contributed by atoms with Crippen molar-refractivity contribution < 1.29 is 19.4 Å². The number of fused-ring (bicyclic) bond motifs is 1. The summed E-state index contributed by atoms with van der Waals surface area (Å²) in [5.74, 6) is -0.388. The molecule has 0 aliphatic heterocycles. The lowest BCUT2D eigenvalue weighted by atomic mass is 9.94. The largest absolute Gasteiger partial charge is 0.492 e. The summed E-state index contributed by atoms with van der Waals surface area (Å²) < 4.78 is 5.18. The van der Waals surface area contributed by atoms with Crippen LogP contribution in [0.5, 0.6) is 5.75 Å². The molecule has 0 unspecified atom stereocenters. The van der Waals surface area contributed by atoms with E-state index in [0.717, 1.165) is 36.2 Å². The van der Waals surface area contributed by atoms with Gasteiger partial charge in [-0.05, 0) is 37.3 Å². The minimum absolute atomic E-state index is 0.0813. The van der Waals surface area contributed by atoms with Gasteiger partial charge in [-0.15, -0.1) is 0 Å². The molecule has 0 fully saturated rings. The van der Waals surface area contributed by atoms with E-state index in [-0.39, 0.29) is 23.5 Å². The average molecular weight is 379 g/mol. The summed E-state index contributed by atoms with van der Waals surface area (Å²) in [6.45, 7) is 4.08. The molecule has 1 aromatic rings. The Bertz CT molecular complexity index is 698. The number of rotatable bonds is 8. The summed E-state index contributed by atoms with van der Waals surface area (Å²) in [6, 6.07) is 1.91. The normalized spacial score (nSPS) is 15.4. The highest BCUT2D eigenvalue weighted by atomic mass is 32.1. The number of carbonyl (C=O) groups is 2. The number of hydrogen-bond acceptors (Lipinski definition) is 6. The van der Waals surface area contributed by atoms with Crippen LogP contribution in [0.2, 0.25) is 0 Å². The van der Waals surface area contributed by atoms with E-state index in [0.29, 0.717) is 18.8 Å². The number of carboxylic acid groups (broad SMARTS) is 1. The lowest BCUT2D eigenvalue weighted by molar-refractivity contribution is -0.137. The predicted octanol–water partition coefficient (Wildman–Crippen LogP) is 2.58. The van der Waals surface area contributed by atoms with E-state index in [2.05, 4.69) is 28.1 Å². The van der Waals surface area contributed by atoms with Gasteiger partial charge in [0.05, 0.1) is 24.2 Å². The summed E-state index contributed by atoms with van der Waals surface area (Å²) in [4.78, 5) is 26.9. The zero-order valence-electron chi connectivity index (χ0n) is 15.1. The Hall–Kier alpha value is -2.09. The number of carbonyl (C=O) groups excluding carboxylic acids is 1. The number of amides is 1. The lowest BCUT2D eigenvalue weighted by Crippen LogP contribution is -2.27. The van der Waals surface area contributed by atoms with Gasteiger partial charge in [0.2, 0.25) is 5.91 Å². The van der Waals surface area contributed by atoms with Gasteiger partial charge in [0.25, 0.3) is 0 Å². The molecule has 0 radical (unpaired) electrons. The zero-order valence-corrected chi connectivity index (χ0v) is 16.0. The molecule has 0 saturated carbocycles. The molecule has 1 heterocycles. The van der Waals surface area contributed by atoms with Gasteiger partial charge in [-0.2, -0.15) is 17.7 Å². The summed E-state index contributed by atoms with van der Waals surface area (Å²) in [6.07, 6.45) is 4.96. The maximum absolute atomic E-state index is 11.9. The van der Waals surface area contributed by atoms with Crippen LogP contribution in [0.4, 0.5) is 0 Å². The molecule has 0 aromatic carbocycles. The molecule has 2 rings (SSSR count). The highest BCUT2D eigenvalue weighted by molar-refractivity contribution is 7.81. The van der Waals surface area contributed by atoms with Crippen LogP contribution in [0.3, 0.4) is 0 Å². The third kappa shape index (κ3) is 6.67. The molecule has 1 amide bonds. The van der Waals surface area contributed by atoms with Gasteiger partial charge in [-0.25, -0.2) is 5.43 Å². The van der Waals surface area contributed by atoms with E-state index in [1.807, 2.05) is 19.9 Å². The van der Waals surface area contributed by atoms with Crippen molar-refractivity contribution >= 4 is 30.2 Å². The first-order valence-corrected chi connectivity index (χ1v) is 9.11. The fourth-order valence-electron chi connectivity index (χ4n) is 2.67. The smallest absolute Gasteiger partial charge is 0.303 e. The fraction of sp³-hybridized carbons (Fsp3) is 0.556. The van der Waals surface area contributed by atoms with Crippen LogP contribution >= 0.6 is 12.6 Å². The molecular formula is C18H25N3O4S. The van der Waals surface area contributed by atoms with Crippen molar-refractivity contribution in [2.75, 3.05) is 6.61 Å². The second-order valence-electron chi connectivity index (χ2n) is 6.96. The van der Waals surface area contributed by atoms with E-state index in [1.165, 1.54) is 0 Å². The Kier molecular flexibility index (Phi) is 7.02. The SMILES string of the molecule is CC(C)(S)CC(=O)NN=C1CCCc2cc(OCCCC(=O)O)cnc21. The second-order valence-corrected chi connectivity index (χ2v) is 8.17. The molecule has 0 bridgehead atoms. The molecule has 0 spiro atoms. The molecule has 1 aliphatic carbocycles. The van der Waals surface area contributed by atoms with E-state index >= 15 is 0 Å². The monoisotopic (exact) mass is 379 g/mol. The van der Waals surface area contributed by atoms with Crippen molar-refractivity contribution in [3.63, 3.8) is 0 Å². The highest BCUT2D eigenvalue weighted by Crippen LogP contribution is 2.24. The Morgan fingerprint density at radius 2 is 2.19 bits per heavy atom. The summed E-state index contributed by atoms with van der Waals surface area (Å²) in [7, 11) is 0. The maximum Gasteiger partial charge on any atom is 0.303 e. The average Bonchev–Trinajstić information content (AvgIpc) is 2.55. The van der Waals surface area contributed by atoms with Gasteiger partial charge in [0.1, 0.15) is 5.75 Å². The Labute approximate surface area is 158 Å². The van der Waals surface area contributed by atoms with Crippen LogP contribution in [0.15, 0.2) is 17.4 Å². The van der Waals surface area contributed by atoms with Crippen LogP contribution in [-0.4, -0.2) is 39.0 Å². The van der Waals surface area contributed by atoms with Gasteiger partial charge in [-0.3, -0.25) is 14.6 Å². The molecule has 8 heteroatoms. The summed E-state index contributed by atoms with van der Waals surface area (Å²) >= 11 is 4.35. The minimum atomic E-state index is -0.832. The molecule has 0 atom stereocenters. The number of thiol groups is 1. The number of hydrazone groups is 1. The van der Waals surface area contributed by atoms with Crippen LogP contribution in [0.1, 0.15) is 57.2 Å². The zero-order chi connectivity index (χ0) is 19.2. The molecule has 2 N–H and O–H groups in total. The quantitative estimate of drug-likeness (QED) is 0.366. The van der Waals surface area contributed by atoms with Gasteiger partial charge in [0.15, 0.2) is 0 Å². The molecule has 1 aromatic heterocycles. The number of nitrogens with zero attached hydrogens (tertiary/aromatic N) is 2. The number of carboxylic acids is 1. The molecule has 1 aliphatic rings. The third-order valence-electron chi connectivity index (χ3n) is 3.79. The first kappa shape index (κ1) is 20.2. The summed E-state index contributed by atoms with van der Waals surface area (Å²) in [5.41, 5.74) is 5.15. The van der Waals surface area contributed by atoms with Gasteiger partial charge < -0.3 is 9.84 Å².